The number of benzene rings is 3. The Bertz CT molecular complexity index is 1640. The van der Waals surface area contributed by atoms with Crippen LogP contribution in [0.1, 0.15) is 51.7 Å². The molecule has 0 unspecified atom stereocenters. The number of phenolic OH excluding ortho intramolecular Hbond substituents is 2. The van der Waals surface area contributed by atoms with Crippen LogP contribution in [-0.4, -0.2) is 44.2 Å². The molecule has 2 aromatic heterocycles. The van der Waals surface area contributed by atoms with Crippen LogP contribution in [-0.2, 0) is 39.2 Å². The Morgan fingerprint density at radius 2 is 0.980 bits per heavy atom. The fraction of sp³-hybridized carbons (Fsp3) is 0.316. The van der Waals surface area contributed by atoms with Crippen molar-refractivity contribution in [1.29, 1.82) is 0 Å². The van der Waals surface area contributed by atoms with Crippen molar-refractivity contribution in [3.63, 3.8) is 0 Å². The molecule has 5 aromatic rings. The van der Waals surface area contributed by atoms with E-state index in [0.717, 1.165) is 21.8 Å². The molecule has 0 spiro atoms. The molecule has 2 heterocycles. The molecule has 49 heavy (non-hydrogen) atoms. The van der Waals surface area contributed by atoms with E-state index >= 15 is 0 Å². The maximum Gasteiger partial charge on any atom is 2.00 e. The minimum Gasteiger partial charge on any atom is -0.548 e. The number of rotatable bonds is 12. The zero-order chi connectivity index (χ0) is 35.1. The summed E-state index contributed by atoms with van der Waals surface area (Å²) >= 11 is 0. The number of carbonyl (C=O) groups excluding carboxylic acids is 2. The summed E-state index contributed by atoms with van der Waals surface area (Å²) in [5, 5.41) is 48.9. The number of phenols is 2. The SMILES string of the molecule is CC(C)C[C@H](NCc1ccccc1O)C(=O)[O-].CC(C)C[C@H](NCc1ccccc1O)C(=O)[O-].[Ni+2].c1cnc2c(c1)ccc1cccnc12. The topological polar surface area (TPSA) is 171 Å². The van der Waals surface area contributed by atoms with E-state index in [-0.39, 0.29) is 39.8 Å². The van der Waals surface area contributed by atoms with Gasteiger partial charge in [-0.25, -0.2) is 0 Å². The molecule has 3 aromatic carbocycles. The van der Waals surface area contributed by atoms with Crippen LogP contribution in [0.5, 0.6) is 11.5 Å². The third kappa shape index (κ3) is 13.5. The van der Waals surface area contributed by atoms with Gasteiger partial charge in [0.25, 0.3) is 0 Å². The van der Waals surface area contributed by atoms with Gasteiger partial charge in [-0.1, -0.05) is 88.4 Å². The predicted octanol–water partition coefficient (Wildman–Crippen LogP) is 4.07. The smallest absolute Gasteiger partial charge is 0.548 e. The van der Waals surface area contributed by atoms with E-state index in [0.29, 0.717) is 37.1 Å². The molecular weight excluding hydrogens is 667 g/mol. The van der Waals surface area contributed by atoms with E-state index in [2.05, 4.69) is 44.9 Å². The van der Waals surface area contributed by atoms with Gasteiger partial charge in [0.15, 0.2) is 0 Å². The number of aliphatic carboxylic acids is 2. The summed E-state index contributed by atoms with van der Waals surface area (Å²) in [5.74, 6) is -1.32. The molecule has 0 bridgehead atoms. The van der Waals surface area contributed by atoms with Crippen LogP contribution in [0.4, 0.5) is 0 Å². The van der Waals surface area contributed by atoms with Crippen molar-refractivity contribution in [2.75, 3.05) is 0 Å². The fourth-order valence-electron chi connectivity index (χ4n) is 4.94. The molecule has 0 amide bonds. The van der Waals surface area contributed by atoms with E-state index in [1.54, 1.807) is 60.9 Å². The van der Waals surface area contributed by atoms with Gasteiger partial charge in [0.1, 0.15) is 11.5 Å². The number of aromatic nitrogens is 2. The van der Waals surface area contributed by atoms with Gasteiger partial charge in [-0.3, -0.25) is 9.97 Å². The predicted molar refractivity (Wildman–Crippen MR) is 183 cm³/mol. The Hall–Kier alpha value is -4.57. The van der Waals surface area contributed by atoms with Crippen LogP contribution in [0.2, 0.25) is 0 Å². The number of hydrogen-bond acceptors (Lipinski definition) is 10. The Morgan fingerprint density at radius 1 is 0.612 bits per heavy atom. The third-order valence-electron chi connectivity index (χ3n) is 7.39. The Morgan fingerprint density at radius 3 is 1.31 bits per heavy atom. The second kappa shape index (κ2) is 20.7. The van der Waals surface area contributed by atoms with Gasteiger partial charge in [0.2, 0.25) is 0 Å². The van der Waals surface area contributed by atoms with Crippen LogP contribution in [0.3, 0.4) is 0 Å². The first-order valence-electron chi connectivity index (χ1n) is 16.0. The first-order valence-corrected chi connectivity index (χ1v) is 16.0. The van der Waals surface area contributed by atoms with Crippen molar-refractivity contribution in [2.45, 2.75) is 65.7 Å². The first-order chi connectivity index (χ1) is 23.0. The van der Waals surface area contributed by atoms with Crippen molar-refractivity contribution < 1.29 is 46.5 Å². The Kier molecular flexibility index (Phi) is 17.2. The molecule has 262 valence electrons. The maximum absolute atomic E-state index is 10.9. The second-order valence-electron chi connectivity index (χ2n) is 12.2. The minimum absolute atomic E-state index is 0. The molecule has 11 heteroatoms. The monoisotopic (exact) mass is 710 g/mol. The molecule has 0 saturated carbocycles. The van der Waals surface area contributed by atoms with Gasteiger partial charge in [-0.2, -0.15) is 0 Å². The number of fused-ring (bicyclic) bond motifs is 3. The first kappa shape index (κ1) is 40.6. The number of carboxylic acids is 2. The number of para-hydroxylation sites is 2. The number of carboxylic acid groups (broad SMARTS) is 2. The average molecular weight is 711 g/mol. The van der Waals surface area contributed by atoms with Crippen LogP contribution in [0.15, 0.2) is 97.3 Å². The zero-order valence-electron chi connectivity index (χ0n) is 28.1. The molecule has 0 saturated heterocycles. The summed E-state index contributed by atoms with van der Waals surface area (Å²) in [7, 11) is 0. The van der Waals surface area contributed by atoms with Crippen molar-refractivity contribution >= 4 is 33.7 Å². The summed E-state index contributed by atoms with van der Waals surface area (Å²) < 4.78 is 0. The van der Waals surface area contributed by atoms with E-state index in [4.69, 9.17) is 0 Å². The van der Waals surface area contributed by atoms with Gasteiger partial charge in [0.05, 0.1) is 23.0 Å². The number of nitrogens with zero attached hydrogens (tertiary/aromatic N) is 2. The molecule has 0 fully saturated rings. The van der Waals surface area contributed by atoms with Gasteiger partial charge in [-0.05, 0) is 48.9 Å². The molecule has 2 atom stereocenters. The van der Waals surface area contributed by atoms with Gasteiger partial charge in [-0.15, -0.1) is 0 Å². The number of pyridine rings is 2. The Balaban J connectivity index is 0.000000253. The summed E-state index contributed by atoms with van der Waals surface area (Å²) in [6, 6.07) is 24.5. The number of carbonyl (C=O) groups is 2. The second-order valence-corrected chi connectivity index (χ2v) is 12.2. The van der Waals surface area contributed by atoms with E-state index in [1.807, 2.05) is 39.8 Å². The summed E-state index contributed by atoms with van der Waals surface area (Å²) in [6.07, 6.45) is 4.62. The quantitative estimate of drug-likeness (QED) is 0.109. The van der Waals surface area contributed by atoms with Crippen molar-refractivity contribution in [1.82, 2.24) is 20.6 Å². The maximum atomic E-state index is 10.9. The van der Waals surface area contributed by atoms with Crippen LogP contribution in [0, 0.1) is 11.8 Å². The number of aromatic hydroxyl groups is 2. The molecule has 0 aliphatic rings. The van der Waals surface area contributed by atoms with Crippen molar-refractivity contribution in [3.8, 4) is 11.5 Å². The van der Waals surface area contributed by atoms with Gasteiger partial charge >= 0.3 is 16.5 Å². The van der Waals surface area contributed by atoms with E-state index in [9.17, 15) is 30.0 Å². The zero-order valence-corrected chi connectivity index (χ0v) is 29.1. The minimum atomic E-state index is -1.10. The normalized spacial score (nSPS) is 11.9. The van der Waals surface area contributed by atoms with Crippen molar-refractivity contribution in [3.05, 3.63) is 108 Å². The largest absolute Gasteiger partial charge is 2.00 e. The fourth-order valence-corrected chi connectivity index (χ4v) is 4.94. The molecule has 5 rings (SSSR count). The molecule has 0 aliphatic carbocycles. The van der Waals surface area contributed by atoms with E-state index < -0.39 is 24.0 Å². The summed E-state index contributed by atoms with van der Waals surface area (Å²) in [5.41, 5.74) is 3.32. The standard InChI is InChI=1S/2C13H19NO3.C12H8N2.Ni/c2*1-9(2)7-11(13(16)17)14-8-10-5-3-4-6-12(10)15;1-3-9-5-6-10-4-2-8-14-12(10)11(9)13-7-1;/h2*3-6,9,11,14-15H,7-8H2,1-2H3,(H,16,17);1-8H;/q;;;+2/p-2/t2*11-;;/m00../s1. The molecule has 10 nitrogen and oxygen atoms in total. The molecule has 0 aliphatic heterocycles. The van der Waals surface area contributed by atoms with Gasteiger partial charge in [0, 0.05) is 59.5 Å². The summed E-state index contributed by atoms with van der Waals surface area (Å²) in [6.45, 7) is 8.46. The molecule has 4 N–H and O–H groups in total. The molecular formula is C38H44N4NiO6. The third-order valence-corrected chi connectivity index (χ3v) is 7.39. The van der Waals surface area contributed by atoms with E-state index in [1.165, 1.54) is 0 Å². The van der Waals surface area contributed by atoms with Crippen LogP contribution in [0.25, 0.3) is 21.8 Å². The molecule has 0 radical (unpaired) electrons. The van der Waals surface area contributed by atoms with Crippen LogP contribution < -0.4 is 20.8 Å². The van der Waals surface area contributed by atoms with Gasteiger partial charge < -0.3 is 40.6 Å². The van der Waals surface area contributed by atoms with Crippen LogP contribution >= 0.6 is 0 Å². The van der Waals surface area contributed by atoms with Crippen molar-refractivity contribution in [2.24, 2.45) is 11.8 Å². The Labute approximate surface area is 297 Å². The average Bonchev–Trinajstić information content (AvgIpc) is 3.06. The summed E-state index contributed by atoms with van der Waals surface area (Å²) in [4.78, 5) is 30.5. The number of nitrogens with one attached hydrogen (secondary N) is 2. The number of hydrogen-bond donors (Lipinski definition) is 4.